The minimum atomic E-state index is -0.428. The summed E-state index contributed by atoms with van der Waals surface area (Å²) in [6, 6.07) is 6.25. The Labute approximate surface area is 138 Å². The number of rotatable bonds is 3. The van der Waals surface area contributed by atoms with Crippen LogP contribution in [0.4, 0.5) is 10.2 Å². The first-order valence-corrected chi connectivity index (χ1v) is 7.74. The van der Waals surface area contributed by atoms with Crippen molar-refractivity contribution in [1.29, 1.82) is 0 Å². The molecule has 3 rings (SSSR count). The Hall–Kier alpha value is -2.08. The fraction of sp³-hybridized carbons (Fsp3) is 0.375. The highest BCUT2D eigenvalue weighted by atomic mass is 35.5. The summed E-state index contributed by atoms with van der Waals surface area (Å²) < 4.78 is 20.5. The van der Waals surface area contributed by atoms with E-state index < -0.39 is 5.82 Å². The maximum absolute atomic E-state index is 13.3. The zero-order chi connectivity index (χ0) is 16.6. The molecule has 0 fully saturated rings. The Morgan fingerprint density at radius 2 is 2.17 bits per heavy atom. The summed E-state index contributed by atoms with van der Waals surface area (Å²) in [5.74, 6) is 0.571. The summed E-state index contributed by atoms with van der Waals surface area (Å²) >= 11 is 5.82. The zero-order valence-electron chi connectivity index (χ0n) is 12.9. The summed E-state index contributed by atoms with van der Waals surface area (Å²) in [7, 11) is 1.94. The Balaban J connectivity index is 1.84. The molecule has 2 aromatic rings. The van der Waals surface area contributed by atoms with Crippen LogP contribution in [-0.4, -0.2) is 22.6 Å². The van der Waals surface area contributed by atoms with Gasteiger partial charge >= 0.3 is 5.69 Å². The molecule has 1 atom stereocenters. The number of benzene rings is 1. The molecule has 1 aliphatic rings. The average molecular weight is 338 g/mol. The van der Waals surface area contributed by atoms with Crippen LogP contribution in [0.5, 0.6) is 5.88 Å². The Bertz CT molecular complexity index is 773. The van der Waals surface area contributed by atoms with E-state index in [0.29, 0.717) is 23.2 Å². The fourth-order valence-corrected chi connectivity index (χ4v) is 2.88. The first-order chi connectivity index (χ1) is 10.9. The van der Waals surface area contributed by atoms with Crippen LogP contribution in [-0.2, 0) is 13.2 Å². The topological polar surface area (TPSA) is 47.4 Å². The standard InChI is InChI=1S/C16H17ClFN3O2/c1-10-3-4-21-15(20(10)2)8-14(19-16(21)22)23-9-11-5-12(17)7-13(18)6-11/h5-8,10H,3-4,9H2,1-2H3. The molecular formula is C16H17ClFN3O2. The molecule has 1 aromatic carbocycles. The van der Waals surface area contributed by atoms with Crippen molar-refractivity contribution >= 4 is 17.4 Å². The number of halogens is 2. The second kappa shape index (κ2) is 6.20. The number of fused-ring (bicyclic) bond motifs is 1. The molecule has 0 aliphatic carbocycles. The van der Waals surface area contributed by atoms with Gasteiger partial charge < -0.3 is 9.64 Å². The SMILES string of the molecule is CC1CCn2c(cc(OCc3cc(F)cc(Cl)c3)nc2=O)N1C. The Morgan fingerprint density at radius 3 is 2.91 bits per heavy atom. The molecule has 1 aliphatic heterocycles. The minimum absolute atomic E-state index is 0.0899. The molecule has 5 nitrogen and oxygen atoms in total. The lowest BCUT2D eigenvalue weighted by molar-refractivity contribution is 0.289. The molecule has 0 amide bonds. The highest BCUT2D eigenvalue weighted by molar-refractivity contribution is 6.30. The molecule has 2 heterocycles. The first kappa shape index (κ1) is 15.8. The van der Waals surface area contributed by atoms with Crippen LogP contribution in [0.25, 0.3) is 0 Å². The molecular weight excluding hydrogens is 321 g/mol. The number of hydrogen-bond donors (Lipinski definition) is 0. The molecule has 1 unspecified atom stereocenters. The monoisotopic (exact) mass is 337 g/mol. The summed E-state index contributed by atoms with van der Waals surface area (Å²) in [6.45, 7) is 2.84. The van der Waals surface area contributed by atoms with Crippen LogP contribution in [0.3, 0.4) is 0 Å². The van der Waals surface area contributed by atoms with Crippen molar-refractivity contribution in [3.8, 4) is 5.88 Å². The van der Waals surface area contributed by atoms with E-state index in [9.17, 15) is 9.18 Å². The number of ether oxygens (including phenoxy) is 1. The maximum Gasteiger partial charge on any atom is 0.352 e. The van der Waals surface area contributed by atoms with Gasteiger partial charge in [0.05, 0.1) is 0 Å². The second-order valence-corrected chi connectivity index (χ2v) is 6.14. The van der Waals surface area contributed by atoms with Gasteiger partial charge in [0.25, 0.3) is 0 Å². The largest absolute Gasteiger partial charge is 0.473 e. The molecule has 7 heteroatoms. The third kappa shape index (κ3) is 3.32. The third-order valence-electron chi connectivity index (χ3n) is 4.07. The van der Waals surface area contributed by atoms with Crippen LogP contribution in [0.1, 0.15) is 18.9 Å². The molecule has 0 N–H and O–H groups in total. The van der Waals surface area contributed by atoms with Crippen LogP contribution in [0, 0.1) is 5.82 Å². The van der Waals surface area contributed by atoms with Gasteiger partial charge in [-0.15, -0.1) is 0 Å². The molecule has 122 valence electrons. The van der Waals surface area contributed by atoms with Crippen LogP contribution < -0.4 is 15.3 Å². The normalized spacial score (nSPS) is 17.0. The lowest BCUT2D eigenvalue weighted by Gasteiger charge is -2.34. The number of hydrogen-bond acceptors (Lipinski definition) is 4. The van der Waals surface area contributed by atoms with Gasteiger partial charge in [0.15, 0.2) is 0 Å². The molecule has 23 heavy (non-hydrogen) atoms. The lowest BCUT2D eigenvalue weighted by atomic mass is 10.1. The van der Waals surface area contributed by atoms with Crippen molar-refractivity contribution in [1.82, 2.24) is 9.55 Å². The van der Waals surface area contributed by atoms with Crippen molar-refractivity contribution in [3.05, 3.63) is 51.2 Å². The van der Waals surface area contributed by atoms with E-state index in [0.717, 1.165) is 12.2 Å². The summed E-state index contributed by atoms with van der Waals surface area (Å²) in [4.78, 5) is 18.1. The number of aromatic nitrogens is 2. The summed E-state index contributed by atoms with van der Waals surface area (Å²) in [6.07, 6.45) is 0.896. The molecule has 0 radical (unpaired) electrons. The van der Waals surface area contributed by atoms with E-state index in [-0.39, 0.29) is 18.2 Å². The van der Waals surface area contributed by atoms with Crippen LogP contribution >= 0.6 is 11.6 Å². The van der Waals surface area contributed by atoms with Gasteiger partial charge in [0.2, 0.25) is 5.88 Å². The quantitative estimate of drug-likeness (QED) is 0.864. The molecule has 0 bridgehead atoms. The highest BCUT2D eigenvalue weighted by Gasteiger charge is 2.22. The van der Waals surface area contributed by atoms with Crippen molar-refractivity contribution in [3.63, 3.8) is 0 Å². The van der Waals surface area contributed by atoms with E-state index in [1.54, 1.807) is 16.7 Å². The maximum atomic E-state index is 13.3. The predicted molar refractivity (Wildman–Crippen MR) is 86.7 cm³/mol. The van der Waals surface area contributed by atoms with Gasteiger partial charge in [-0.2, -0.15) is 4.98 Å². The van der Waals surface area contributed by atoms with Gasteiger partial charge in [-0.1, -0.05) is 11.6 Å². The van der Waals surface area contributed by atoms with Gasteiger partial charge in [0.1, 0.15) is 18.2 Å². The van der Waals surface area contributed by atoms with Crippen LogP contribution in [0.2, 0.25) is 5.02 Å². The van der Waals surface area contributed by atoms with Gasteiger partial charge in [-0.05, 0) is 37.1 Å². The predicted octanol–water partition coefficient (Wildman–Crippen LogP) is 2.84. The van der Waals surface area contributed by atoms with E-state index in [4.69, 9.17) is 16.3 Å². The van der Waals surface area contributed by atoms with E-state index in [2.05, 4.69) is 11.9 Å². The van der Waals surface area contributed by atoms with Crippen LogP contribution in [0.15, 0.2) is 29.1 Å². The smallest absolute Gasteiger partial charge is 0.352 e. The third-order valence-corrected chi connectivity index (χ3v) is 4.29. The van der Waals surface area contributed by atoms with Gasteiger partial charge in [-0.25, -0.2) is 9.18 Å². The second-order valence-electron chi connectivity index (χ2n) is 5.70. The van der Waals surface area contributed by atoms with E-state index >= 15 is 0 Å². The highest BCUT2D eigenvalue weighted by Crippen LogP contribution is 2.24. The average Bonchev–Trinajstić information content (AvgIpc) is 2.48. The van der Waals surface area contributed by atoms with Crippen molar-refractivity contribution in [2.75, 3.05) is 11.9 Å². The van der Waals surface area contributed by atoms with E-state index in [1.807, 2.05) is 11.9 Å². The molecule has 0 saturated heterocycles. The van der Waals surface area contributed by atoms with Gasteiger partial charge in [-0.3, -0.25) is 4.57 Å². The fourth-order valence-electron chi connectivity index (χ4n) is 2.64. The summed E-state index contributed by atoms with van der Waals surface area (Å²) in [5.41, 5.74) is 0.241. The van der Waals surface area contributed by atoms with E-state index in [1.165, 1.54) is 12.1 Å². The zero-order valence-corrected chi connectivity index (χ0v) is 13.7. The first-order valence-electron chi connectivity index (χ1n) is 7.36. The number of nitrogens with zero attached hydrogens (tertiary/aromatic N) is 3. The lowest BCUT2D eigenvalue weighted by Crippen LogP contribution is -2.41. The molecule has 1 aromatic heterocycles. The Morgan fingerprint density at radius 1 is 1.39 bits per heavy atom. The van der Waals surface area contributed by atoms with Crippen molar-refractivity contribution in [2.24, 2.45) is 0 Å². The van der Waals surface area contributed by atoms with Crippen molar-refractivity contribution < 1.29 is 9.13 Å². The van der Waals surface area contributed by atoms with Crippen molar-refractivity contribution in [2.45, 2.75) is 32.5 Å². The molecule has 0 saturated carbocycles. The number of anilines is 1. The Kier molecular flexibility index (Phi) is 4.26. The molecule has 0 spiro atoms. The summed E-state index contributed by atoms with van der Waals surface area (Å²) in [5, 5.41) is 0.302. The minimum Gasteiger partial charge on any atom is -0.473 e. The van der Waals surface area contributed by atoms with Gasteiger partial charge in [0, 0.05) is 30.7 Å².